The van der Waals surface area contributed by atoms with Crippen molar-refractivity contribution in [2.24, 2.45) is 4.99 Å². The summed E-state index contributed by atoms with van der Waals surface area (Å²) in [4.78, 5) is 17.7. The van der Waals surface area contributed by atoms with Crippen LogP contribution in [0.25, 0.3) is 6.08 Å². The molecule has 1 aromatic heterocycles. The van der Waals surface area contributed by atoms with Gasteiger partial charge in [0.05, 0.1) is 10.6 Å². The highest BCUT2D eigenvalue weighted by Crippen LogP contribution is 2.35. The average Bonchev–Trinajstić information content (AvgIpc) is 3.38. The van der Waals surface area contributed by atoms with Crippen LogP contribution in [0.15, 0.2) is 40.2 Å². The van der Waals surface area contributed by atoms with Crippen molar-refractivity contribution in [2.45, 2.75) is 58.9 Å². The number of aromatic nitrogens is 1. The molecule has 1 N–H and O–H groups in total. The molecule has 0 bridgehead atoms. The molecule has 4 rings (SSSR count). The van der Waals surface area contributed by atoms with Gasteiger partial charge in [0.2, 0.25) is 0 Å². The standard InChI is InChI=1S/C23H27N3OS/c1-4-17-9-11-19(12-10-17)24-23-25-22(27)21(28-23)14-18-13-15(2)26(16(18)3)20-7-5-6-8-20/h9-14,20H,4-8H2,1-3H3,(H,24,25,27)/b21-14-. The molecule has 1 aromatic carbocycles. The number of hydrogen-bond acceptors (Lipinski definition) is 3. The number of amidine groups is 1. The molecule has 146 valence electrons. The van der Waals surface area contributed by atoms with Gasteiger partial charge in [-0.25, -0.2) is 4.99 Å². The summed E-state index contributed by atoms with van der Waals surface area (Å²) in [5.41, 5.74) is 5.82. The first-order valence-electron chi connectivity index (χ1n) is 10.1. The van der Waals surface area contributed by atoms with Crippen molar-refractivity contribution in [3.05, 3.63) is 57.8 Å². The Labute approximate surface area is 171 Å². The van der Waals surface area contributed by atoms with Gasteiger partial charge in [0.15, 0.2) is 5.17 Å². The number of benzene rings is 1. The van der Waals surface area contributed by atoms with E-state index in [9.17, 15) is 4.79 Å². The van der Waals surface area contributed by atoms with Crippen molar-refractivity contribution in [1.82, 2.24) is 9.88 Å². The monoisotopic (exact) mass is 393 g/mol. The Bertz CT molecular complexity index is 947. The van der Waals surface area contributed by atoms with Crippen LogP contribution in [-0.4, -0.2) is 15.6 Å². The van der Waals surface area contributed by atoms with Crippen LogP contribution in [0.4, 0.5) is 5.69 Å². The fraction of sp³-hybridized carbons (Fsp3) is 0.391. The number of aryl methyl sites for hydroxylation is 2. The lowest BCUT2D eigenvalue weighted by Gasteiger charge is -2.17. The van der Waals surface area contributed by atoms with Crippen LogP contribution in [0.5, 0.6) is 0 Å². The van der Waals surface area contributed by atoms with Gasteiger partial charge in [0.1, 0.15) is 0 Å². The highest BCUT2D eigenvalue weighted by atomic mass is 32.2. The zero-order valence-electron chi connectivity index (χ0n) is 16.8. The molecule has 1 aliphatic carbocycles. The van der Waals surface area contributed by atoms with Crippen molar-refractivity contribution < 1.29 is 4.79 Å². The Morgan fingerprint density at radius 2 is 1.93 bits per heavy atom. The Kier molecular flexibility index (Phi) is 5.44. The van der Waals surface area contributed by atoms with Gasteiger partial charge in [-0.3, -0.25) is 4.79 Å². The molecule has 2 aliphatic rings. The highest BCUT2D eigenvalue weighted by molar-refractivity contribution is 8.18. The van der Waals surface area contributed by atoms with Gasteiger partial charge < -0.3 is 9.88 Å². The summed E-state index contributed by atoms with van der Waals surface area (Å²) >= 11 is 1.42. The number of carbonyl (C=O) groups excluding carboxylic acids is 1. The summed E-state index contributed by atoms with van der Waals surface area (Å²) in [6.45, 7) is 6.47. The molecule has 1 aliphatic heterocycles. The molecular weight excluding hydrogens is 366 g/mol. The predicted octanol–water partition coefficient (Wildman–Crippen LogP) is 5.67. The van der Waals surface area contributed by atoms with E-state index in [1.807, 2.05) is 18.2 Å². The number of rotatable bonds is 4. The Morgan fingerprint density at radius 1 is 1.21 bits per heavy atom. The average molecular weight is 394 g/mol. The van der Waals surface area contributed by atoms with E-state index in [-0.39, 0.29) is 5.91 Å². The topological polar surface area (TPSA) is 46.4 Å². The van der Waals surface area contributed by atoms with E-state index in [0.29, 0.717) is 16.1 Å². The smallest absolute Gasteiger partial charge is 0.264 e. The van der Waals surface area contributed by atoms with Gasteiger partial charge in [-0.2, -0.15) is 0 Å². The minimum atomic E-state index is -0.0698. The van der Waals surface area contributed by atoms with Crippen molar-refractivity contribution >= 4 is 34.6 Å². The molecule has 0 atom stereocenters. The molecule has 28 heavy (non-hydrogen) atoms. The largest absolute Gasteiger partial charge is 0.346 e. The van der Waals surface area contributed by atoms with E-state index in [0.717, 1.165) is 17.7 Å². The van der Waals surface area contributed by atoms with E-state index >= 15 is 0 Å². The van der Waals surface area contributed by atoms with E-state index < -0.39 is 0 Å². The lowest BCUT2D eigenvalue weighted by molar-refractivity contribution is -0.115. The normalized spacial score (nSPS) is 20.5. The molecule has 2 heterocycles. The van der Waals surface area contributed by atoms with Crippen molar-refractivity contribution in [2.75, 3.05) is 0 Å². The van der Waals surface area contributed by atoms with E-state index in [4.69, 9.17) is 0 Å². The molecule has 2 aromatic rings. The van der Waals surface area contributed by atoms with Gasteiger partial charge >= 0.3 is 0 Å². The molecular formula is C23H27N3OS. The molecule has 5 heteroatoms. The maximum atomic E-state index is 12.5. The first kappa shape index (κ1) is 19.1. The Balaban J connectivity index is 1.56. The lowest BCUT2D eigenvalue weighted by Crippen LogP contribution is -2.19. The van der Waals surface area contributed by atoms with Crippen LogP contribution in [-0.2, 0) is 11.2 Å². The first-order chi connectivity index (χ1) is 13.5. The number of aliphatic imine (C=N–C) groups is 1. The third-order valence-corrected chi connectivity index (χ3v) is 6.64. The summed E-state index contributed by atoms with van der Waals surface area (Å²) in [6, 6.07) is 11.0. The quantitative estimate of drug-likeness (QED) is 0.680. The first-order valence-corrected chi connectivity index (χ1v) is 10.9. The Morgan fingerprint density at radius 3 is 2.61 bits per heavy atom. The maximum absolute atomic E-state index is 12.5. The highest BCUT2D eigenvalue weighted by Gasteiger charge is 2.25. The van der Waals surface area contributed by atoms with Gasteiger partial charge in [-0.05, 0) is 80.3 Å². The molecule has 0 radical (unpaired) electrons. The molecule has 1 amide bonds. The lowest BCUT2D eigenvalue weighted by atomic mass is 10.2. The molecule has 2 fully saturated rings. The van der Waals surface area contributed by atoms with Crippen molar-refractivity contribution in [1.29, 1.82) is 0 Å². The summed E-state index contributed by atoms with van der Waals surface area (Å²) < 4.78 is 2.46. The fourth-order valence-corrected chi connectivity index (χ4v) is 5.05. The van der Waals surface area contributed by atoms with Crippen molar-refractivity contribution in [3.8, 4) is 0 Å². The molecule has 0 unspecified atom stereocenters. The number of hydrogen-bond donors (Lipinski definition) is 1. The van der Waals surface area contributed by atoms with Crippen LogP contribution in [0, 0.1) is 13.8 Å². The molecule has 4 nitrogen and oxygen atoms in total. The number of carbonyl (C=O) groups is 1. The van der Waals surface area contributed by atoms with Gasteiger partial charge in [0, 0.05) is 17.4 Å². The number of amides is 1. The van der Waals surface area contributed by atoms with Crippen LogP contribution in [0.2, 0.25) is 0 Å². The zero-order valence-corrected chi connectivity index (χ0v) is 17.6. The van der Waals surface area contributed by atoms with Gasteiger partial charge in [-0.15, -0.1) is 0 Å². The van der Waals surface area contributed by atoms with Crippen LogP contribution in [0.3, 0.4) is 0 Å². The number of nitrogens with zero attached hydrogens (tertiary/aromatic N) is 2. The summed E-state index contributed by atoms with van der Waals surface area (Å²) in [6.07, 6.45) is 8.17. The zero-order chi connectivity index (χ0) is 19.7. The number of thioether (sulfide) groups is 1. The van der Waals surface area contributed by atoms with Crippen molar-refractivity contribution in [3.63, 3.8) is 0 Å². The third-order valence-electron chi connectivity index (χ3n) is 5.73. The maximum Gasteiger partial charge on any atom is 0.264 e. The fourth-order valence-electron chi connectivity index (χ4n) is 4.22. The minimum Gasteiger partial charge on any atom is -0.346 e. The summed E-state index contributed by atoms with van der Waals surface area (Å²) in [5, 5.41) is 3.54. The van der Waals surface area contributed by atoms with Crippen LogP contribution >= 0.6 is 11.8 Å². The van der Waals surface area contributed by atoms with E-state index in [2.05, 4.69) is 53.8 Å². The second kappa shape index (κ2) is 8.00. The van der Waals surface area contributed by atoms with Crippen LogP contribution < -0.4 is 5.32 Å². The Hall–Kier alpha value is -2.27. The van der Waals surface area contributed by atoms with Gasteiger partial charge in [-0.1, -0.05) is 31.9 Å². The third kappa shape index (κ3) is 3.81. The van der Waals surface area contributed by atoms with E-state index in [1.165, 1.54) is 54.4 Å². The number of nitrogens with one attached hydrogen (secondary N) is 1. The van der Waals surface area contributed by atoms with Gasteiger partial charge in [0.25, 0.3) is 5.91 Å². The second-order valence-electron chi connectivity index (χ2n) is 7.64. The molecule has 1 saturated carbocycles. The SMILES string of the molecule is CCc1ccc(N=C2NC(=O)/C(=C/c3cc(C)n(C4CCCC4)c3C)S2)cc1. The summed E-state index contributed by atoms with van der Waals surface area (Å²) in [7, 11) is 0. The predicted molar refractivity (Wildman–Crippen MR) is 118 cm³/mol. The van der Waals surface area contributed by atoms with E-state index in [1.54, 1.807) is 0 Å². The van der Waals surface area contributed by atoms with Crippen LogP contribution in [0.1, 0.15) is 61.2 Å². The second-order valence-corrected chi connectivity index (χ2v) is 8.67. The minimum absolute atomic E-state index is 0.0698. The summed E-state index contributed by atoms with van der Waals surface area (Å²) in [5.74, 6) is -0.0698. The molecule has 1 saturated heterocycles. The molecule has 0 spiro atoms.